The Balaban J connectivity index is 2.07. The standard InChI is InChI=1S/C8H12BF3N3S/c10-9(11,12)6-16-8-14-13-7-4-2-1-3-5-15(7)8/h1-6H2/q-1. The largest absolute Gasteiger partial charge is 0.488 e. The Hall–Kier alpha value is -0.655. The zero-order chi connectivity index (χ0) is 11.6. The lowest BCUT2D eigenvalue weighted by Crippen LogP contribution is -2.19. The molecular weight excluding hydrogens is 238 g/mol. The number of aryl methyl sites for hydroxylation is 1. The average molecular weight is 250 g/mol. The maximum absolute atomic E-state index is 12.1. The summed E-state index contributed by atoms with van der Waals surface area (Å²) < 4.78 is 38.3. The SMILES string of the molecule is F[B-](F)(F)CSc1nnc2n1CCCCC2. The molecule has 0 atom stereocenters. The van der Waals surface area contributed by atoms with Gasteiger partial charge in [0.2, 0.25) is 0 Å². The number of hydrogen-bond acceptors (Lipinski definition) is 3. The first-order valence-corrected chi connectivity index (χ1v) is 6.31. The smallest absolute Gasteiger partial charge is 0.448 e. The molecule has 0 radical (unpaired) electrons. The molecule has 0 saturated carbocycles. The molecular formula is C8H12BF3N3S-. The lowest BCUT2D eigenvalue weighted by molar-refractivity contribution is 0.485. The fourth-order valence-electron chi connectivity index (χ4n) is 1.73. The van der Waals surface area contributed by atoms with Gasteiger partial charge >= 0.3 is 6.98 Å². The van der Waals surface area contributed by atoms with Crippen molar-refractivity contribution in [1.82, 2.24) is 14.8 Å². The fourth-order valence-corrected chi connectivity index (χ4v) is 2.52. The predicted octanol–water partition coefficient (Wildman–Crippen LogP) is 2.48. The Morgan fingerprint density at radius 3 is 2.75 bits per heavy atom. The third-order valence-corrected chi connectivity index (χ3v) is 3.58. The fraction of sp³-hybridized carbons (Fsp3) is 0.750. The molecule has 8 heteroatoms. The van der Waals surface area contributed by atoms with Crippen molar-refractivity contribution < 1.29 is 12.9 Å². The predicted molar refractivity (Wildman–Crippen MR) is 57.4 cm³/mol. The van der Waals surface area contributed by atoms with E-state index >= 15 is 0 Å². The minimum Gasteiger partial charge on any atom is -0.448 e. The molecule has 0 amide bonds. The van der Waals surface area contributed by atoms with Crippen LogP contribution in [-0.4, -0.2) is 27.4 Å². The van der Waals surface area contributed by atoms with Gasteiger partial charge in [0.05, 0.1) is 0 Å². The van der Waals surface area contributed by atoms with Crippen molar-refractivity contribution in [3.63, 3.8) is 0 Å². The van der Waals surface area contributed by atoms with Gasteiger partial charge in [0.1, 0.15) is 5.82 Å². The lowest BCUT2D eigenvalue weighted by atomic mass is 9.98. The molecule has 0 saturated heterocycles. The summed E-state index contributed by atoms with van der Waals surface area (Å²) in [7, 11) is 0. The van der Waals surface area contributed by atoms with Gasteiger partial charge in [0, 0.05) is 13.0 Å². The Morgan fingerprint density at radius 1 is 1.19 bits per heavy atom. The van der Waals surface area contributed by atoms with Crippen molar-refractivity contribution in [3.8, 4) is 0 Å². The Bertz CT molecular complexity index is 366. The number of nitrogens with zero attached hydrogens (tertiary/aromatic N) is 3. The maximum Gasteiger partial charge on any atom is 0.488 e. The van der Waals surface area contributed by atoms with Crippen LogP contribution in [0.3, 0.4) is 0 Å². The monoisotopic (exact) mass is 250 g/mol. The minimum absolute atomic E-state index is 0.413. The van der Waals surface area contributed by atoms with Gasteiger partial charge in [-0.2, -0.15) is 0 Å². The summed E-state index contributed by atoms with van der Waals surface area (Å²) in [5.74, 6) is 0.828. The molecule has 0 spiro atoms. The molecule has 1 aliphatic rings. The highest BCUT2D eigenvalue weighted by Gasteiger charge is 2.25. The quantitative estimate of drug-likeness (QED) is 0.609. The molecule has 1 aromatic rings. The van der Waals surface area contributed by atoms with Crippen LogP contribution >= 0.6 is 11.8 Å². The van der Waals surface area contributed by atoms with Crippen LogP contribution < -0.4 is 0 Å². The van der Waals surface area contributed by atoms with E-state index < -0.39 is 12.6 Å². The zero-order valence-corrected chi connectivity index (χ0v) is 9.52. The third kappa shape index (κ3) is 2.93. The van der Waals surface area contributed by atoms with E-state index in [0.29, 0.717) is 5.16 Å². The number of thioether (sulfide) groups is 1. The maximum atomic E-state index is 12.1. The molecule has 3 nitrogen and oxygen atoms in total. The number of aromatic nitrogens is 3. The van der Waals surface area contributed by atoms with Gasteiger partial charge in [0.25, 0.3) is 0 Å². The van der Waals surface area contributed by atoms with Gasteiger partial charge in [-0.3, -0.25) is 0 Å². The summed E-state index contributed by atoms with van der Waals surface area (Å²) in [4.78, 5) is 0. The van der Waals surface area contributed by atoms with E-state index in [1.165, 1.54) is 0 Å². The molecule has 90 valence electrons. The first-order valence-electron chi connectivity index (χ1n) is 5.32. The summed E-state index contributed by atoms with van der Waals surface area (Å²) in [6.07, 6.45) is 3.98. The second-order valence-corrected chi connectivity index (χ2v) is 4.87. The molecule has 16 heavy (non-hydrogen) atoms. The van der Waals surface area contributed by atoms with Crippen LogP contribution in [0, 0.1) is 0 Å². The van der Waals surface area contributed by atoms with Gasteiger partial charge in [0.15, 0.2) is 5.16 Å². The molecule has 0 fully saturated rings. The van der Waals surface area contributed by atoms with Crippen molar-refractivity contribution in [2.75, 3.05) is 5.65 Å². The normalized spacial score (nSPS) is 16.9. The topological polar surface area (TPSA) is 30.7 Å². The first-order chi connectivity index (χ1) is 7.56. The van der Waals surface area contributed by atoms with E-state index in [9.17, 15) is 12.9 Å². The molecule has 0 unspecified atom stereocenters. The van der Waals surface area contributed by atoms with E-state index in [0.717, 1.165) is 49.8 Å². The van der Waals surface area contributed by atoms with Crippen LogP contribution in [-0.2, 0) is 13.0 Å². The highest BCUT2D eigenvalue weighted by molar-refractivity contribution is 8.00. The molecule has 0 aliphatic carbocycles. The number of halogens is 3. The van der Waals surface area contributed by atoms with Gasteiger partial charge < -0.3 is 17.5 Å². The summed E-state index contributed by atoms with van der Waals surface area (Å²) in [6, 6.07) is 0. The van der Waals surface area contributed by atoms with Crippen LogP contribution in [0.1, 0.15) is 25.1 Å². The third-order valence-electron chi connectivity index (χ3n) is 2.48. The second kappa shape index (κ2) is 4.69. The van der Waals surface area contributed by atoms with Gasteiger partial charge in [-0.15, -0.1) is 22.0 Å². The highest BCUT2D eigenvalue weighted by atomic mass is 32.2. The van der Waals surface area contributed by atoms with E-state index in [1.807, 2.05) is 4.57 Å². The van der Waals surface area contributed by atoms with E-state index in [-0.39, 0.29) is 0 Å². The highest BCUT2D eigenvalue weighted by Crippen LogP contribution is 2.25. The average Bonchev–Trinajstić information content (AvgIpc) is 2.43. The Kier molecular flexibility index (Phi) is 3.46. The van der Waals surface area contributed by atoms with Crippen molar-refractivity contribution in [3.05, 3.63) is 5.82 Å². The number of rotatable bonds is 3. The van der Waals surface area contributed by atoms with Crippen molar-refractivity contribution in [2.24, 2.45) is 0 Å². The van der Waals surface area contributed by atoms with Crippen LogP contribution in [0.15, 0.2) is 5.16 Å². The molecule has 1 aliphatic heterocycles. The van der Waals surface area contributed by atoms with Crippen molar-refractivity contribution >= 4 is 18.7 Å². The van der Waals surface area contributed by atoms with Crippen molar-refractivity contribution in [1.29, 1.82) is 0 Å². The molecule has 2 heterocycles. The summed E-state index contributed by atoms with van der Waals surface area (Å²) in [5, 5.41) is 8.19. The molecule has 0 aromatic carbocycles. The van der Waals surface area contributed by atoms with E-state index in [4.69, 9.17) is 0 Å². The lowest BCUT2D eigenvalue weighted by Gasteiger charge is -2.12. The minimum atomic E-state index is -4.75. The summed E-state index contributed by atoms with van der Waals surface area (Å²) >= 11 is 0.750. The Labute approximate surface area is 95.9 Å². The number of hydrogen-bond donors (Lipinski definition) is 0. The zero-order valence-electron chi connectivity index (χ0n) is 8.70. The van der Waals surface area contributed by atoms with Crippen LogP contribution in [0.5, 0.6) is 0 Å². The van der Waals surface area contributed by atoms with E-state index in [2.05, 4.69) is 10.2 Å². The Morgan fingerprint density at radius 2 is 2.00 bits per heavy atom. The van der Waals surface area contributed by atoms with Crippen LogP contribution in [0.4, 0.5) is 12.9 Å². The van der Waals surface area contributed by atoms with Crippen LogP contribution in [0.25, 0.3) is 0 Å². The number of fused-ring (bicyclic) bond motifs is 1. The van der Waals surface area contributed by atoms with Gasteiger partial charge in [-0.25, -0.2) is 0 Å². The summed E-state index contributed by atoms with van der Waals surface area (Å²) in [5.41, 5.74) is -0.835. The van der Waals surface area contributed by atoms with Crippen molar-refractivity contribution in [2.45, 2.75) is 37.4 Å². The van der Waals surface area contributed by atoms with Gasteiger partial charge in [-0.1, -0.05) is 6.42 Å². The van der Waals surface area contributed by atoms with E-state index in [1.54, 1.807) is 0 Å². The van der Waals surface area contributed by atoms with Crippen LogP contribution in [0.2, 0.25) is 0 Å². The van der Waals surface area contributed by atoms with Gasteiger partial charge in [-0.05, 0) is 18.5 Å². The first kappa shape index (κ1) is 11.8. The molecule has 2 rings (SSSR count). The second-order valence-electron chi connectivity index (χ2n) is 3.88. The molecule has 0 bridgehead atoms. The molecule has 0 N–H and O–H groups in total. The molecule has 1 aromatic heterocycles. The summed E-state index contributed by atoms with van der Waals surface area (Å²) in [6.45, 7) is -4.01.